The molecule has 2 fully saturated rings. The highest BCUT2D eigenvalue weighted by Gasteiger charge is 2.40. The Kier molecular flexibility index (Phi) is 2.13. The Morgan fingerprint density at radius 3 is 2.67 bits per heavy atom. The van der Waals surface area contributed by atoms with Gasteiger partial charge < -0.3 is 9.73 Å². The van der Waals surface area contributed by atoms with Gasteiger partial charge in [0.2, 0.25) is 5.78 Å². The van der Waals surface area contributed by atoms with Gasteiger partial charge in [0.15, 0.2) is 5.76 Å². The summed E-state index contributed by atoms with van der Waals surface area (Å²) in [6.45, 7) is 2.18. The van der Waals surface area contributed by atoms with Gasteiger partial charge >= 0.3 is 0 Å². The predicted molar refractivity (Wildman–Crippen MR) is 55.6 cm³/mol. The first-order valence-corrected chi connectivity index (χ1v) is 5.63. The van der Waals surface area contributed by atoms with Crippen molar-refractivity contribution in [2.75, 3.05) is 13.1 Å². The molecule has 1 saturated carbocycles. The van der Waals surface area contributed by atoms with Gasteiger partial charge in [-0.15, -0.1) is 0 Å². The molecule has 1 aromatic heterocycles. The minimum Gasteiger partial charge on any atom is -0.461 e. The molecule has 2 aliphatic rings. The number of furan rings is 1. The van der Waals surface area contributed by atoms with Crippen LogP contribution in [-0.4, -0.2) is 18.9 Å². The van der Waals surface area contributed by atoms with Crippen LogP contribution in [0.15, 0.2) is 22.8 Å². The monoisotopic (exact) mass is 205 g/mol. The first kappa shape index (κ1) is 9.16. The Labute approximate surface area is 88.8 Å². The molecule has 1 aliphatic heterocycles. The quantitative estimate of drug-likeness (QED) is 0.747. The van der Waals surface area contributed by atoms with E-state index in [1.807, 2.05) is 0 Å². The fourth-order valence-electron chi connectivity index (χ4n) is 3.00. The number of carbonyl (C=O) groups is 1. The molecule has 80 valence electrons. The van der Waals surface area contributed by atoms with E-state index in [-0.39, 0.29) is 11.7 Å². The number of ketones is 1. The number of carbonyl (C=O) groups excluding carboxylic acids is 1. The van der Waals surface area contributed by atoms with Crippen LogP contribution in [-0.2, 0) is 0 Å². The summed E-state index contributed by atoms with van der Waals surface area (Å²) in [7, 11) is 0. The molecule has 1 aliphatic carbocycles. The van der Waals surface area contributed by atoms with Gasteiger partial charge in [-0.05, 0) is 49.9 Å². The molecule has 0 bridgehead atoms. The van der Waals surface area contributed by atoms with Crippen molar-refractivity contribution in [3.05, 3.63) is 24.2 Å². The zero-order chi connectivity index (χ0) is 10.3. The van der Waals surface area contributed by atoms with Crippen molar-refractivity contribution in [1.82, 2.24) is 5.32 Å². The Morgan fingerprint density at radius 2 is 2.07 bits per heavy atom. The molecule has 15 heavy (non-hydrogen) atoms. The molecular weight excluding hydrogens is 190 g/mol. The minimum absolute atomic E-state index is 0.202. The van der Waals surface area contributed by atoms with Crippen LogP contribution in [0.3, 0.4) is 0 Å². The van der Waals surface area contributed by atoms with Crippen LogP contribution in [0.25, 0.3) is 0 Å². The molecule has 0 amide bonds. The average Bonchev–Trinajstić information content (AvgIpc) is 2.92. The zero-order valence-corrected chi connectivity index (χ0v) is 8.61. The lowest BCUT2D eigenvalue weighted by atomic mass is 9.99. The van der Waals surface area contributed by atoms with E-state index in [1.165, 1.54) is 0 Å². The second-order valence-electron chi connectivity index (χ2n) is 4.69. The lowest BCUT2D eigenvalue weighted by Crippen LogP contribution is -2.16. The molecule has 1 N–H and O–H groups in total. The van der Waals surface area contributed by atoms with Crippen LogP contribution in [0, 0.1) is 17.8 Å². The highest BCUT2D eigenvalue weighted by atomic mass is 16.3. The summed E-state index contributed by atoms with van der Waals surface area (Å²) in [4.78, 5) is 12.0. The topological polar surface area (TPSA) is 42.2 Å². The summed E-state index contributed by atoms with van der Waals surface area (Å²) in [5.41, 5.74) is 0. The van der Waals surface area contributed by atoms with E-state index in [2.05, 4.69) is 5.32 Å². The van der Waals surface area contributed by atoms with Gasteiger partial charge in [0.25, 0.3) is 0 Å². The molecule has 2 heterocycles. The van der Waals surface area contributed by atoms with Crippen LogP contribution in [0.2, 0.25) is 0 Å². The summed E-state index contributed by atoms with van der Waals surface area (Å²) >= 11 is 0. The summed E-state index contributed by atoms with van der Waals surface area (Å²) in [6, 6.07) is 3.55. The molecule has 2 atom stereocenters. The Bertz CT molecular complexity index is 346. The van der Waals surface area contributed by atoms with E-state index >= 15 is 0 Å². The number of hydrogen-bond acceptors (Lipinski definition) is 3. The van der Waals surface area contributed by atoms with Gasteiger partial charge in [0, 0.05) is 5.92 Å². The number of rotatable bonds is 2. The number of Topliss-reactive ketones (excluding diaryl/α,β-unsaturated/α-hetero) is 1. The van der Waals surface area contributed by atoms with Gasteiger partial charge in [0.05, 0.1) is 6.26 Å². The van der Waals surface area contributed by atoms with E-state index in [1.54, 1.807) is 18.4 Å². The maximum Gasteiger partial charge on any atom is 0.201 e. The molecule has 3 heteroatoms. The standard InChI is InChI=1S/C12H15NO2/c14-12(11-2-1-3-15-11)8-4-9-6-13-7-10(9)5-8/h1-3,8-10,13H,4-7H2. The second-order valence-corrected chi connectivity index (χ2v) is 4.69. The van der Waals surface area contributed by atoms with E-state index in [0.29, 0.717) is 17.6 Å². The third-order valence-corrected chi connectivity index (χ3v) is 3.79. The fraction of sp³-hybridized carbons (Fsp3) is 0.583. The largest absolute Gasteiger partial charge is 0.461 e. The maximum atomic E-state index is 12.0. The van der Waals surface area contributed by atoms with E-state index in [9.17, 15) is 4.79 Å². The maximum absolute atomic E-state index is 12.0. The van der Waals surface area contributed by atoms with Crippen molar-refractivity contribution in [1.29, 1.82) is 0 Å². The van der Waals surface area contributed by atoms with Crippen molar-refractivity contribution in [2.45, 2.75) is 12.8 Å². The third kappa shape index (κ3) is 1.51. The van der Waals surface area contributed by atoms with Crippen LogP contribution < -0.4 is 5.32 Å². The van der Waals surface area contributed by atoms with Gasteiger partial charge in [0.1, 0.15) is 0 Å². The van der Waals surface area contributed by atoms with Crippen molar-refractivity contribution < 1.29 is 9.21 Å². The van der Waals surface area contributed by atoms with Gasteiger partial charge in [-0.1, -0.05) is 0 Å². The van der Waals surface area contributed by atoms with Crippen molar-refractivity contribution in [2.24, 2.45) is 17.8 Å². The molecule has 1 aromatic rings. The zero-order valence-electron chi connectivity index (χ0n) is 8.61. The van der Waals surface area contributed by atoms with Gasteiger partial charge in [-0.2, -0.15) is 0 Å². The number of hydrogen-bond donors (Lipinski definition) is 1. The molecule has 0 radical (unpaired) electrons. The van der Waals surface area contributed by atoms with Crippen LogP contribution >= 0.6 is 0 Å². The van der Waals surface area contributed by atoms with Crippen LogP contribution in [0.4, 0.5) is 0 Å². The van der Waals surface area contributed by atoms with E-state index in [4.69, 9.17) is 4.42 Å². The number of fused-ring (bicyclic) bond motifs is 1. The smallest absolute Gasteiger partial charge is 0.201 e. The van der Waals surface area contributed by atoms with Gasteiger partial charge in [-0.3, -0.25) is 4.79 Å². The molecule has 2 unspecified atom stereocenters. The second kappa shape index (κ2) is 3.49. The first-order chi connectivity index (χ1) is 7.34. The Hall–Kier alpha value is -1.09. The summed E-state index contributed by atoms with van der Waals surface area (Å²) < 4.78 is 5.16. The highest BCUT2D eigenvalue weighted by molar-refractivity contribution is 5.95. The molecule has 1 saturated heterocycles. The molecule has 3 nitrogen and oxygen atoms in total. The van der Waals surface area contributed by atoms with Crippen molar-refractivity contribution in [3.8, 4) is 0 Å². The Balaban J connectivity index is 1.72. The molecule has 3 rings (SSSR count). The predicted octanol–water partition coefficient (Wildman–Crippen LogP) is 1.71. The van der Waals surface area contributed by atoms with E-state index < -0.39 is 0 Å². The average molecular weight is 205 g/mol. The van der Waals surface area contributed by atoms with Crippen molar-refractivity contribution in [3.63, 3.8) is 0 Å². The first-order valence-electron chi connectivity index (χ1n) is 5.63. The van der Waals surface area contributed by atoms with Crippen LogP contribution in [0.5, 0.6) is 0 Å². The lowest BCUT2D eigenvalue weighted by molar-refractivity contribution is 0.0889. The minimum atomic E-state index is 0.202. The van der Waals surface area contributed by atoms with Crippen molar-refractivity contribution >= 4 is 5.78 Å². The lowest BCUT2D eigenvalue weighted by Gasteiger charge is -2.07. The van der Waals surface area contributed by atoms with Gasteiger partial charge in [-0.25, -0.2) is 0 Å². The molecule has 0 spiro atoms. The third-order valence-electron chi connectivity index (χ3n) is 3.79. The molecule has 0 aromatic carbocycles. The normalized spacial score (nSPS) is 34.3. The summed E-state index contributed by atoms with van der Waals surface area (Å²) in [5, 5.41) is 3.38. The molecular formula is C12H15NO2. The van der Waals surface area contributed by atoms with E-state index in [0.717, 1.165) is 25.9 Å². The summed E-state index contributed by atoms with van der Waals surface area (Å²) in [6.07, 6.45) is 3.65. The Morgan fingerprint density at radius 1 is 1.33 bits per heavy atom. The summed E-state index contributed by atoms with van der Waals surface area (Å²) in [5.74, 6) is 2.37. The SMILES string of the molecule is O=C(c1ccco1)C1CC2CNCC2C1. The number of nitrogens with one attached hydrogen (secondary N) is 1. The van der Waals surface area contributed by atoms with Crippen LogP contribution in [0.1, 0.15) is 23.4 Å². The highest BCUT2D eigenvalue weighted by Crippen LogP contribution is 2.39. The fourth-order valence-corrected chi connectivity index (χ4v) is 3.00.